The molecule has 0 N–H and O–H groups in total. The predicted molar refractivity (Wildman–Crippen MR) is 125 cm³/mol. The largest absolute Gasteiger partial charge is 0.493 e. The highest BCUT2D eigenvalue weighted by molar-refractivity contribution is 5.94. The van der Waals surface area contributed by atoms with E-state index >= 15 is 0 Å². The van der Waals surface area contributed by atoms with Gasteiger partial charge in [-0.15, -0.1) is 0 Å². The zero-order chi connectivity index (χ0) is 24.8. The maximum Gasteiger partial charge on any atom is 0.419 e. The van der Waals surface area contributed by atoms with Gasteiger partial charge in [0.05, 0.1) is 23.6 Å². The second-order valence-corrected chi connectivity index (χ2v) is 9.11. The molecule has 0 bridgehead atoms. The van der Waals surface area contributed by atoms with Gasteiger partial charge >= 0.3 is 6.18 Å². The molecule has 8 heteroatoms. The molecule has 5 rings (SSSR count). The summed E-state index contributed by atoms with van der Waals surface area (Å²) in [5.41, 5.74) is 1.61. The molecule has 0 atom stereocenters. The Hall–Kier alpha value is -3.42. The van der Waals surface area contributed by atoms with Crippen molar-refractivity contribution in [2.24, 2.45) is 0 Å². The molecule has 2 aromatic carbocycles. The van der Waals surface area contributed by atoms with E-state index in [1.807, 2.05) is 38.1 Å². The number of rotatable bonds is 4. The first-order valence-corrected chi connectivity index (χ1v) is 11.8. The Bertz CT molecular complexity index is 1260. The molecule has 35 heavy (non-hydrogen) atoms. The highest BCUT2D eigenvalue weighted by Crippen LogP contribution is 2.46. The first-order valence-electron chi connectivity index (χ1n) is 11.8. The fourth-order valence-corrected chi connectivity index (χ4v) is 5.04. The summed E-state index contributed by atoms with van der Waals surface area (Å²) in [4.78, 5) is 14.8. The minimum Gasteiger partial charge on any atom is -0.493 e. The van der Waals surface area contributed by atoms with Crippen LogP contribution in [-0.4, -0.2) is 35.1 Å². The van der Waals surface area contributed by atoms with Crippen molar-refractivity contribution in [1.82, 2.24) is 9.47 Å². The highest BCUT2D eigenvalue weighted by atomic mass is 19.4. The van der Waals surface area contributed by atoms with Crippen molar-refractivity contribution < 1.29 is 27.4 Å². The first kappa shape index (κ1) is 23.3. The smallest absolute Gasteiger partial charge is 0.419 e. The number of hydrogen-bond acceptors (Lipinski definition) is 3. The fraction of sp³-hybridized carbons (Fsp3) is 0.370. The number of halogens is 3. The molecule has 0 aliphatic carbocycles. The number of alkyl halides is 3. The Morgan fingerprint density at radius 2 is 1.83 bits per heavy atom. The summed E-state index contributed by atoms with van der Waals surface area (Å²) in [5, 5.41) is 0. The van der Waals surface area contributed by atoms with E-state index in [2.05, 4.69) is 16.7 Å². The van der Waals surface area contributed by atoms with Gasteiger partial charge in [0.25, 0.3) is 5.91 Å². The van der Waals surface area contributed by atoms with Crippen LogP contribution < -0.4 is 9.47 Å². The maximum atomic E-state index is 13.6. The molecule has 1 fully saturated rings. The molecule has 0 radical (unpaired) electrons. The lowest BCUT2D eigenvalue weighted by molar-refractivity contribution is -0.139. The van der Waals surface area contributed by atoms with Crippen LogP contribution >= 0.6 is 0 Å². The van der Waals surface area contributed by atoms with Gasteiger partial charge < -0.3 is 18.9 Å². The van der Waals surface area contributed by atoms with Crippen LogP contribution in [0.15, 0.2) is 54.6 Å². The lowest BCUT2D eigenvalue weighted by Crippen LogP contribution is -2.50. The van der Waals surface area contributed by atoms with Crippen molar-refractivity contribution in [3.63, 3.8) is 0 Å². The van der Waals surface area contributed by atoms with Crippen LogP contribution in [0, 0.1) is 6.92 Å². The van der Waals surface area contributed by atoms with Crippen LogP contribution in [0.3, 0.4) is 0 Å². The van der Waals surface area contributed by atoms with Crippen molar-refractivity contribution in [3.05, 3.63) is 77.1 Å². The molecule has 5 nitrogen and oxygen atoms in total. The molecular formula is C27H27F3N2O3. The molecule has 0 unspecified atom stereocenters. The monoisotopic (exact) mass is 484 g/mol. The van der Waals surface area contributed by atoms with E-state index in [1.54, 1.807) is 4.90 Å². The van der Waals surface area contributed by atoms with Gasteiger partial charge in [-0.2, -0.15) is 13.2 Å². The first-order chi connectivity index (χ1) is 16.7. The van der Waals surface area contributed by atoms with Gasteiger partial charge in [0.1, 0.15) is 11.5 Å². The van der Waals surface area contributed by atoms with E-state index in [0.717, 1.165) is 28.9 Å². The van der Waals surface area contributed by atoms with Gasteiger partial charge in [-0.3, -0.25) is 4.79 Å². The average molecular weight is 485 g/mol. The summed E-state index contributed by atoms with van der Waals surface area (Å²) in [6.07, 6.45) is -2.94. The van der Waals surface area contributed by atoms with E-state index in [0.29, 0.717) is 32.4 Å². The molecule has 184 valence electrons. The number of amides is 1. The van der Waals surface area contributed by atoms with Gasteiger partial charge in [-0.05, 0) is 55.8 Å². The van der Waals surface area contributed by atoms with Gasteiger partial charge in [-0.1, -0.05) is 19.1 Å². The second-order valence-electron chi connectivity index (χ2n) is 9.11. The predicted octanol–water partition coefficient (Wildman–Crippen LogP) is 6.12. The summed E-state index contributed by atoms with van der Waals surface area (Å²) in [7, 11) is 0. The third kappa shape index (κ3) is 4.05. The standard InChI is InChI=1S/C27H27F3N2O3/c1-3-16-34-22-10-9-19(17-20(22)27(28,29)30)25(33)31-14-12-26(13-15-31)24-11-8-18(2)32(24)21-6-4-5-7-23(21)35-26/h4-11,17H,3,12-16H2,1-2H3. The third-order valence-corrected chi connectivity index (χ3v) is 6.81. The molecule has 1 spiro atoms. The van der Waals surface area contributed by atoms with Crippen LogP contribution in [0.25, 0.3) is 5.69 Å². The normalized spacial score (nSPS) is 16.4. The molecule has 2 aliphatic rings. The number of carbonyl (C=O) groups is 1. The number of carbonyl (C=O) groups excluding carboxylic acids is 1. The van der Waals surface area contributed by atoms with Crippen LogP contribution in [-0.2, 0) is 11.8 Å². The number of fused-ring (bicyclic) bond motifs is 4. The number of hydrogen-bond donors (Lipinski definition) is 0. The van der Waals surface area contributed by atoms with Gasteiger partial charge in [-0.25, -0.2) is 0 Å². The van der Waals surface area contributed by atoms with E-state index < -0.39 is 23.2 Å². The van der Waals surface area contributed by atoms with Gasteiger partial charge in [0.2, 0.25) is 0 Å². The minimum atomic E-state index is -4.61. The zero-order valence-electron chi connectivity index (χ0n) is 19.7. The quantitative estimate of drug-likeness (QED) is 0.448. The summed E-state index contributed by atoms with van der Waals surface area (Å²) in [6, 6.07) is 15.5. The van der Waals surface area contributed by atoms with Gasteiger partial charge in [0.15, 0.2) is 5.60 Å². The topological polar surface area (TPSA) is 43.7 Å². The molecule has 3 aromatic rings. The molecule has 0 saturated carbocycles. The number of aromatic nitrogens is 1. The number of benzene rings is 2. The summed E-state index contributed by atoms with van der Waals surface area (Å²) < 4.78 is 54.9. The Labute approximate surface area is 202 Å². The van der Waals surface area contributed by atoms with Gasteiger partial charge in [0, 0.05) is 37.2 Å². The number of aryl methyl sites for hydroxylation is 1. The van der Waals surface area contributed by atoms with Crippen LogP contribution in [0.5, 0.6) is 11.5 Å². The Kier molecular flexibility index (Phi) is 5.77. The number of para-hydroxylation sites is 2. The Balaban J connectivity index is 1.38. The molecule has 1 aromatic heterocycles. The lowest BCUT2D eigenvalue weighted by atomic mass is 9.86. The SMILES string of the molecule is CCCOc1ccc(C(=O)N2CCC3(CC2)Oc2ccccc2-n2c(C)ccc23)cc1C(F)(F)F. The number of piperidine rings is 1. The molecule has 3 heterocycles. The van der Waals surface area contributed by atoms with Crippen molar-refractivity contribution in [3.8, 4) is 17.2 Å². The molecular weight excluding hydrogens is 457 g/mol. The Morgan fingerprint density at radius 3 is 2.54 bits per heavy atom. The van der Waals surface area contributed by atoms with Crippen molar-refractivity contribution in [2.45, 2.75) is 44.9 Å². The second kappa shape index (κ2) is 8.66. The van der Waals surface area contributed by atoms with Crippen molar-refractivity contribution >= 4 is 5.91 Å². The van der Waals surface area contributed by atoms with E-state index in [-0.39, 0.29) is 17.9 Å². The van der Waals surface area contributed by atoms with Crippen molar-refractivity contribution in [2.75, 3.05) is 19.7 Å². The summed E-state index contributed by atoms with van der Waals surface area (Å²) >= 11 is 0. The number of nitrogens with zero attached hydrogens (tertiary/aromatic N) is 2. The van der Waals surface area contributed by atoms with E-state index in [1.165, 1.54) is 12.1 Å². The third-order valence-electron chi connectivity index (χ3n) is 6.81. The van der Waals surface area contributed by atoms with Crippen LogP contribution in [0.1, 0.15) is 53.5 Å². The zero-order valence-corrected chi connectivity index (χ0v) is 19.7. The average Bonchev–Trinajstić information content (AvgIpc) is 3.25. The van der Waals surface area contributed by atoms with E-state index in [4.69, 9.17) is 9.47 Å². The van der Waals surface area contributed by atoms with E-state index in [9.17, 15) is 18.0 Å². The van der Waals surface area contributed by atoms with Crippen molar-refractivity contribution in [1.29, 1.82) is 0 Å². The van der Waals surface area contributed by atoms with Crippen LogP contribution in [0.4, 0.5) is 13.2 Å². The maximum absolute atomic E-state index is 13.6. The highest BCUT2D eigenvalue weighted by Gasteiger charge is 2.45. The Morgan fingerprint density at radius 1 is 1.09 bits per heavy atom. The molecule has 1 amide bonds. The molecule has 1 saturated heterocycles. The molecule has 2 aliphatic heterocycles. The lowest BCUT2D eigenvalue weighted by Gasteiger charge is -2.45. The van der Waals surface area contributed by atoms with Crippen LogP contribution in [0.2, 0.25) is 0 Å². The number of ether oxygens (including phenoxy) is 2. The minimum absolute atomic E-state index is 0.00579. The summed E-state index contributed by atoms with van der Waals surface area (Å²) in [5.74, 6) is 0.116. The fourth-order valence-electron chi connectivity index (χ4n) is 5.04. The summed E-state index contributed by atoms with van der Waals surface area (Å²) in [6.45, 7) is 4.79. The number of likely N-dealkylation sites (tertiary alicyclic amines) is 1.